The van der Waals surface area contributed by atoms with Crippen LogP contribution < -0.4 is 5.32 Å². The molecule has 114 valence electrons. The Morgan fingerprint density at radius 1 is 1.10 bits per heavy atom. The van der Waals surface area contributed by atoms with Crippen LogP contribution in [0.25, 0.3) is 0 Å². The molecule has 0 bridgehead atoms. The number of nitrogens with one attached hydrogen (secondary N) is 1. The Hall–Kier alpha value is -2.04. The van der Waals surface area contributed by atoms with Crippen LogP contribution in [0.1, 0.15) is 18.1 Å². The molecule has 0 aliphatic carbocycles. The van der Waals surface area contributed by atoms with Gasteiger partial charge < -0.3 is 15.1 Å². The van der Waals surface area contributed by atoms with E-state index >= 15 is 0 Å². The molecular formula is C16H23N3O2. The summed E-state index contributed by atoms with van der Waals surface area (Å²) in [6.45, 7) is 8.44. The van der Waals surface area contributed by atoms with Crippen LogP contribution in [0.2, 0.25) is 0 Å². The van der Waals surface area contributed by atoms with Gasteiger partial charge in [0.25, 0.3) is 0 Å². The summed E-state index contributed by atoms with van der Waals surface area (Å²) in [6, 6.07) is 6.13. The summed E-state index contributed by atoms with van der Waals surface area (Å²) >= 11 is 0. The molecule has 2 amide bonds. The van der Waals surface area contributed by atoms with Crippen molar-refractivity contribution in [3.63, 3.8) is 0 Å². The smallest absolute Gasteiger partial charge is 0.241 e. The van der Waals surface area contributed by atoms with Crippen LogP contribution in [-0.2, 0) is 9.59 Å². The third-order valence-electron chi connectivity index (χ3n) is 3.89. The number of nitrogens with zero attached hydrogens (tertiary/aromatic N) is 2. The number of carbonyl (C=O) groups excluding carboxylic acids is 2. The predicted molar refractivity (Wildman–Crippen MR) is 83.2 cm³/mol. The zero-order valence-electron chi connectivity index (χ0n) is 13.0. The first kappa shape index (κ1) is 15.4. The molecule has 1 aliphatic heterocycles. The maximum Gasteiger partial charge on any atom is 0.241 e. The van der Waals surface area contributed by atoms with Crippen LogP contribution in [0.4, 0.5) is 5.69 Å². The highest BCUT2D eigenvalue weighted by Gasteiger charge is 2.21. The topological polar surface area (TPSA) is 52.7 Å². The average molecular weight is 289 g/mol. The molecule has 1 fully saturated rings. The number of amides is 2. The molecule has 0 spiro atoms. The number of rotatable bonds is 3. The van der Waals surface area contributed by atoms with Gasteiger partial charge in [0.15, 0.2) is 0 Å². The largest absolute Gasteiger partial charge is 0.376 e. The van der Waals surface area contributed by atoms with Crippen LogP contribution in [0, 0.1) is 13.8 Å². The van der Waals surface area contributed by atoms with Crippen molar-refractivity contribution in [2.45, 2.75) is 20.8 Å². The first-order chi connectivity index (χ1) is 9.97. The molecule has 0 radical (unpaired) electrons. The highest BCUT2D eigenvalue weighted by atomic mass is 16.2. The first-order valence-electron chi connectivity index (χ1n) is 7.32. The highest BCUT2D eigenvalue weighted by molar-refractivity contribution is 5.81. The van der Waals surface area contributed by atoms with Crippen LogP contribution in [-0.4, -0.2) is 54.3 Å². The second-order valence-corrected chi connectivity index (χ2v) is 5.56. The summed E-state index contributed by atoms with van der Waals surface area (Å²) in [5.74, 6) is 0.161. The van der Waals surface area contributed by atoms with Gasteiger partial charge in [-0.15, -0.1) is 0 Å². The molecule has 21 heavy (non-hydrogen) atoms. The summed E-state index contributed by atoms with van der Waals surface area (Å²) in [6.07, 6.45) is 0. The van der Waals surface area contributed by atoms with Crippen LogP contribution in [0.15, 0.2) is 18.2 Å². The minimum atomic E-state index is 0.0792. The maximum atomic E-state index is 12.2. The highest BCUT2D eigenvalue weighted by Crippen LogP contribution is 2.15. The molecule has 0 atom stereocenters. The zero-order chi connectivity index (χ0) is 15.4. The molecule has 1 aliphatic rings. The van der Waals surface area contributed by atoms with E-state index in [4.69, 9.17) is 0 Å². The van der Waals surface area contributed by atoms with E-state index in [0.717, 1.165) is 11.3 Å². The Morgan fingerprint density at radius 2 is 1.71 bits per heavy atom. The summed E-state index contributed by atoms with van der Waals surface area (Å²) in [7, 11) is 0. The summed E-state index contributed by atoms with van der Waals surface area (Å²) < 4.78 is 0. The van der Waals surface area contributed by atoms with E-state index in [-0.39, 0.29) is 11.8 Å². The quantitative estimate of drug-likeness (QED) is 0.915. The van der Waals surface area contributed by atoms with Crippen molar-refractivity contribution in [3.8, 4) is 0 Å². The van der Waals surface area contributed by atoms with Crippen molar-refractivity contribution in [3.05, 3.63) is 29.3 Å². The standard InChI is InChI=1S/C16H23N3O2/c1-12-4-5-15(13(2)10-12)17-11-16(21)19-8-6-18(7-9-19)14(3)20/h4-5,10,17H,6-9,11H2,1-3H3. The average Bonchev–Trinajstić information content (AvgIpc) is 2.46. The zero-order valence-corrected chi connectivity index (χ0v) is 13.0. The fourth-order valence-corrected chi connectivity index (χ4v) is 2.57. The summed E-state index contributed by atoms with van der Waals surface area (Å²) in [4.78, 5) is 27.0. The van der Waals surface area contributed by atoms with Gasteiger partial charge in [-0.1, -0.05) is 17.7 Å². The Balaban J connectivity index is 1.84. The lowest BCUT2D eigenvalue weighted by atomic mass is 10.1. The second-order valence-electron chi connectivity index (χ2n) is 5.56. The van der Waals surface area contributed by atoms with Gasteiger partial charge >= 0.3 is 0 Å². The molecule has 0 saturated carbocycles. The number of carbonyl (C=O) groups is 2. The van der Waals surface area contributed by atoms with Crippen LogP contribution >= 0.6 is 0 Å². The maximum absolute atomic E-state index is 12.2. The molecule has 5 nitrogen and oxygen atoms in total. The van der Waals surface area contributed by atoms with Crippen molar-refractivity contribution in [2.75, 3.05) is 38.0 Å². The number of hydrogen-bond acceptors (Lipinski definition) is 3. The van der Waals surface area contributed by atoms with Gasteiger partial charge in [0.2, 0.25) is 11.8 Å². The number of hydrogen-bond donors (Lipinski definition) is 1. The van der Waals surface area contributed by atoms with Gasteiger partial charge in [-0.25, -0.2) is 0 Å². The van der Waals surface area contributed by atoms with Crippen molar-refractivity contribution < 1.29 is 9.59 Å². The van der Waals surface area contributed by atoms with Gasteiger partial charge in [-0.3, -0.25) is 9.59 Å². The molecule has 1 N–H and O–H groups in total. The molecule has 1 aromatic rings. The lowest BCUT2D eigenvalue weighted by Gasteiger charge is -2.34. The van der Waals surface area contributed by atoms with Crippen molar-refractivity contribution in [1.29, 1.82) is 0 Å². The Morgan fingerprint density at radius 3 is 2.29 bits per heavy atom. The number of aryl methyl sites for hydroxylation is 2. The number of anilines is 1. The van der Waals surface area contributed by atoms with E-state index in [2.05, 4.69) is 18.3 Å². The van der Waals surface area contributed by atoms with Crippen molar-refractivity contribution in [2.24, 2.45) is 0 Å². The molecule has 1 saturated heterocycles. The molecule has 0 unspecified atom stereocenters. The predicted octanol–water partition coefficient (Wildman–Crippen LogP) is 1.41. The summed E-state index contributed by atoms with van der Waals surface area (Å²) in [5.41, 5.74) is 3.35. The monoisotopic (exact) mass is 289 g/mol. The first-order valence-corrected chi connectivity index (χ1v) is 7.32. The van der Waals surface area contributed by atoms with E-state index in [9.17, 15) is 9.59 Å². The SMILES string of the molecule is CC(=O)N1CCN(C(=O)CNc2ccc(C)cc2C)CC1. The lowest BCUT2D eigenvalue weighted by molar-refractivity contribution is -0.137. The molecule has 0 aromatic heterocycles. The molecule has 1 heterocycles. The lowest BCUT2D eigenvalue weighted by Crippen LogP contribution is -2.51. The normalized spacial score (nSPS) is 15.0. The minimum Gasteiger partial charge on any atom is -0.376 e. The van der Waals surface area contributed by atoms with Crippen LogP contribution in [0.5, 0.6) is 0 Å². The molecular weight excluding hydrogens is 266 g/mol. The number of piperazine rings is 1. The van der Waals surface area contributed by atoms with Gasteiger partial charge in [0, 0.05) is 38.8 Å². The summed E-state index contributed by atoms with van der Waals surface area (Å²) in [5, 5.41) is 3.20. The van der Waals surface area contributed by atoms with Gasteiger partial charge in [-0.2, -0.15) is 0 Å². The van der Waals surface area contributed by atoms with Gasteiger partial charge in [0.1, 0.15) is 0 Å². The fraction of sp³-hybridized carbons (Fsp3) is 0.500. The van der Waals surface area contributed by atoms with E-state index in [1.54, 1.807) is 11.8 Å². The fourth-order valence-electron chi connectivity index (χ4n) is 2.57. The molecule has 1 aromatic carbocycles. The van der Waals surface area contributed by atoms with Crippen molar-refractivity contribution in [1.82, 2.24) is 9.80 Å². The Bertz CT molecular complexity index is 534. The number of benzene rings is 1. The van der Waals surface area contributed by atoms with E-state index in [1.165, 1.54) is 5.56 Å². The Kier molecular flexibility index (Phi) is 4.83. The molecule has 2 rings (SSSR count). The van der Waals surface area contributed by atoms with Gasteiger partial charge in [0.05, 0.1) is 6.54 Å². The van der Waals surface area contributed by atoms with E-state index in [1.807, 2.05) is 24.0 Å². The third-order valence-corrected chi connectivity index (χ3v) is 3.89. The van der Waals surface area contributed by atoms with E-state index < -0.39 is 0 Å². The third kappa shape index (κ3) is 3.97. The Labute approximate surface area is 125 Å². The van der Waals surface area contributed by atoms with E-state index in [0.29, 0.717) is 32.7 Å². The van der Waals surface area contributed by atoms with Gasteiger partial charge in [-0.05, 0) is 25.5 Å². The minimum absolute atomic E-state index is 0.0792. The van der Waals surface area contributed by atoms with Crippen molar-refractivity contribution >= 4 is 17.5 Å². The van der Waals surface area contributed by atoms with Crippen LogP contribution in [0.3, 0.4) is 0 Å². The second kappa shape index (κ2) is 6.61. The molecule has 5 heteroatoms.